The van der Waals surface area contributed by atoms with Crippen LogP contribution in [0, 0.1) is 0 Å². The molecule has 0 fully saturated rings. The van der Waals surface area contributed by atoms with Crippen LogP contribution in [0.1, 0.15) is 38.7 Å². The predicted molar refractivity (Wildman–Crippen MR) is 85.2 cm³/mol. The van der Waals surface area contributed by atoms with Crippen molar-refractivity contribution in [2.75, 3.05) is 12.3 Å². The van der Waals surface area contributed by atoms with E-state index in [1.807, 2.05) is 24.3 Å². The van der Waals surface area contributed by atoms with Crippen LogP contribution in [0.5, 0.6) is 0 Å². The van der Waals surface area contributed by atoms with Gasteiger partial charge in [0.2, 0.25) is 0 Å². The summed E-state index contributed by atoms with van der Waals surface area (Å²) in [5.74, 6) is 1.42. The van der Waals surface area contributed by atoms with Crippen molar-refractivity contribution < 1.29 is 4.21 Å². The Morgan fingerprint density at radius 1 is 1.26 bits per heavy atom. The van der Waals surface area contributed by atoms with Crippen LogP contribution in [-0.2, 0) is 16.6 Å². The molecule has 0 aliphatic rings. The lowest BCUT2D eigenvalue weighted by atomic mass is 10.1. The fraction of sp³-hybridized carbons (Fsp3) is 0.600. The topological polar surface area (TPSA) is 29.1 Å². The third-order valence-electron chi connectivity index (χ3n) is 3.15. The Morgan fingerprint density at radius 3 is 2.53 bits per heavy atom. The molecule has 0 amide bonds. The molecule has 1 aromatic rings. The van der Waals surface area contributed by atoms with Crippen molar-refractivity contribution in [1.82, 2.24) is 5.32 Å². The minimum Gasteiger partial charge on any atom is -0.314 e. The standard InChI is InChI=1S/C15H24ClNOS/c1-3-15(17-4-2)6-5-11-19(18)12-13-7-9-14(16)10-8-13/h7-10,15,17H,3-6,11-12H2,1-2H3. The van der Waals surface area contributed by atoms with Gasteiger partial charge in [0, 0.05) is 33.4 Å². The van der Waals surface area contributed by atoms with E-state index >= 15 is 0 Å². The van der Waals surface area contributed by atoms with Crippen LogP contribution in [0.2, 0.25) is 5.02 Å². The van der Waals surface area contributed by atoms with Crippen LogP contribution >= 0.6 is 11.6 Å². The van der Waals surface area contributed by atoms with E-state index in [1.165, 1.54) is 0 Å². The summed E-state index contributed by atoms with van der Waals surface area (Å²) in [6.45, 7) is 5.33. The molecule has 0 saturated heterocycles. The van der Waals surface area contributed by atoms with Crippen LogP contribution in [0.4, 0.5) is 0 Å². The SMILES string of the molecule is CCNC(CC)CCCS(=O)Cc1ccc(Cl)cc1. The van der Waals surface area contributed by atoms with E-state index in [2.05, 4.69) is 19.2 Å². The summed E-state index contributed by atoms with van der Waals surface area (Å²) in [5.41, 5.74) is 1.10. The Balaban J connectivity index is 2.26. The van der Waals surface area contributed by atoms with Crippen molar-refractivity contribution >= 4 is 22.4 Å². The summed E-state index contributed by atoms with van der Waals surface area (Å²) in [4.78, 5) is 0. The zero-order valence-electron chi connectivity index (χ0n) is 11.8. The van der Waals surface area contributed by atoms with Gasteiger partial charge in [0.05, 0.1) is 0 Å². The maximum atomic E-state index is 12.0. The molecule has 108 valence electrons. The van der Waals surface area contributed by atoms with E-state index in [0.717, 1.165) is 42.1 Å². The third kappa shape index (κ3) is 7.09. The second-order valence-electron chi connectivity index (χ2n) is 4.72. The van der Waals surface area contributed by atoms with Gasteiger partial charge >= 0.3 is 0 Å². The molecule has 2 atom stereocenters. The van der Waals surface area contributed by atoms with Gasteiger partial charge in [-0.15, -0.1) is 0 Å². The van der Waals surface area contributed by atoms with Crippen LogP contribution in [0.3, 0.4) is 0 Å². The Bertz CT molecular complexity index is 380. The van der Waals surface area contributed by atoms with E-state index in [9.17, 15) is 4.21 Å². The normalized spacial score (nSPS) is 14.3. The van der Waals surface area contributed by atoms with Gasteiger partial charge in [0.25, 0.3) is 0 Å². The highest BCUT2D eigenvalue weighted by Gasteiger charge is 2.06. The lowest BCUT2D eigenvalue weighted by Gasteiger charge is -2.15. The number of nitrogens with one attached hydrogen (secondary N) is 1. The molecular formula is C15H24ClNOS. The maximum absolute atomic E-state index is 12.0. The molecule has 2 nitrogen and oxygen atoms in total. The molecule has 0 radical (unpaired) electrons. The zero-order chi connectivity index (χ0) is 14.1. The number of rotatable bonds is 9. The smallest absolute Gasteiger partial charge is 0.0485 e. The zero-order valence-corrected chi connectivity index (χ0v) is 13.4. The highest BCUT2D eigenvalue weighted by atomic mass is 35.5. The molecule has 1 aromatic carbocycles. The van der Waals surface area contributed by atoms with Gasteiger partial charge in [-0.05, 0) is 43.5 Å². The van der Waals surface area contributed by atoms with Gasteiger partial charge in [-0.3, -0.25) is 4.21 Å². The van der Waals surface area contributed by atoms with E-state index < -0.39 is 10.8 Å². The average Bonchev–Trinajstić information content (AvgIpc) is 2.40. The third-order valence-corrected chi connectivity index (χ3v) is 4.80. The molecule has 4 heteroatoms. The Kier molecular flexibility index (Phi) is 8.35. The first kappa shape index (κ1) is 16.7. The molecule has 0 spiro atoms. The quantitative estimate of drug-likeness (QED) is 0.752. The molecular weight excluding hydrogens is 278 g/mol. The summed E-state index contributed by atoms with van der Waals surface area (Å²) in [7, 11) is -0.771. The monoisotopic (exact) mass is 301 g/mol. The van der Waals surface area contributed by atoms with Crippen LogP contribution in [-0.4, -0.2) is 22.5 Å². The Labute approximate surface area is 124 Å². The Morgan fingerprint density at radius 2 is 1.95 bits per heavy atom. The summed E-state index contributed by atoms with van der Waals surface area (Å²) in [6.07, 6.45) is 3.26. The molecule has 2 unspecified atom stereocenters. The molecule has 0 aliphatic carbocycles. The van der Waals surface area contributed by atoms with Gasteiger partial charge in [0.1, 0.15) is 0 Å². The largest absolute Gasteiger partial charge is 0.314 e. The first-order chi connectivity index (χ1) is 9.15. The number of benzene rings is 1. The maximum Gasteiger partial charge on any atom is 0.0485 e. The lowest BCUT2D eigenvalue weighted by molar-refractivity contribution is 0.476. The first-order valence-corrected chi connectivity index (χ1v) is 8.85. The molecule has 0 aromatic heterocycles. The van der Waals surface area contributed by atoms with E-state index in [4.69, 9.17) is 11.6 Å². The van der Waals surface area contributed by atoms with E-state index in [-0.39, 0.29) is 0 Å². The number of hydrogen-bond donors (Lipinski definition) is 1. The highest BCUT2D eigenvalue weighted by molar-refractivity contribution is 7.84. The molecule has 0 bridgehead atoms. The molecule has 1 rings (SSSR count). The molecule has 19 heavy (non-hydrogen) atoms. The Hall–Kier alpha value is -0.380. The summed E-state index contributed by atoms with van der Waals surface area (Å²) >= 11 is 5.83. The van der Waals surface area contributed by atoms with Crippen LogP contribution in [0.15, 0.2) is 24.3 Å². The number of halogens is 1. The lowest BCUT2D eigenvalue weighted by Crippen LogP contribution is -2.28. The minimum atomic E-state index is -0.771. The molecule has 0 aliphatic heterocycles. The second-order valence-corrected chi connectivity index (χ2v) is 6.73. The average molecular weight is 302 g/mol. The van der Waals surface area contributed by atoms with Crippen molar-refractivity contribution in [3.63, 3.8) is 0 Å². The van der Waals surface area contributed by atoms with E-state index in [0.29, 0.717) is 11.8 Å². The van der Waals surface area contributed by atoms with Crippen LogP contribution in [0.25, 0.3) is 0 Å². The van der Waals surface area contributed by atoms with Gasteiger partial charge in [-0.2, -0.15) is 0 Å². The van der Waals surface area contributed by atoms with Crippen molar-refractivity contribution in [2.45, 2.75) is 44.9 Å². The van der Waals surface area contributed by atoms with E-state index in [1.54, 1.807) is 0 Å². The van der Waals surface area contributed by atoms with Crippen molar-refractivity contribution in [3.05, 3.63) is 34.9 Å². The molecule has 1 N–H and O–H groups in total. The molecule has 0 saturated carbocycles. The van der Waals surface area contributed by atoms with Gasteiger partial charge in [-0.25, -0.2) is 0 Å². The van der Waals surface area contributed by atoms with Gasteiger partial charge < -0.3 is 5.32 Å². The highest BCUT2D eigenvalue weighted by Crippen LogP contribution is 2.12. The number of hydrogen-bond acceptors (Lipinski definition) is 2. The van der Waals surface area contributed by atoms with Gasteiger partial charge in [-0.1, -0.05) is 37.6 Å². The summed E-state index contributed by atoms with van der Waals surface area (Å²) in [5, 5.41) is 4.18. The minimum absolute atomic E-state index is 0.567. The summed E-state index contributed by atoms with van der Waals surface area (Å²) < 4.78 is 12.0. The fourth-order valence-electron chi connectivity index (χ4n) is 2.07. The van der Waals surface area contributed by atoms with Crippen molar-refractivity contribution in [3.8, 4) is 0 Å². The first-order valence-electron chi connectivity index (χ1n) is 6.98. The second kappa shape index (κ2) is 9.51. The summed E-state index contributed by atoms with van der Waals surface area (Å²) in [6, 6.07) is 8.18. The predicted octanol–water partition coefficient (Wildman–Crippen LogP) is 3.76. The van der Waals surface area contributed by atoms with Crippen molar-refractivity contribution in [2.24, 2.45) is 0 Å². The van der Waals surface area contributed by atoms with Crippen LogP contribution < -0.4 is 5.32 Å². The molecule has 0 heterocycles. The van der Waals surface area contributed by atoms with Gasteiger partial charge in [0.15, 0.2) is 0 Å². The van der Waals surface area contributed by atoms with Crippen molar-refractivity contribution in [1.29, 1.82) is 0 Å². The fourth-order valence-corrected chi connectivity index (χ4v) is 3.39.